The van der Waals surface area contributed by atoms with Crippen molar-refractivity contribution in [2.75, 3.05) is 23.3 Å². The molecule has 116 valence electrons. The zero-order chi connectivity index (χ0) is 15.4. The van der Waals surface area contributed by atoms with Crippen LogP contribution in [0.3, 0.4) is 0 Å². The van der Waals surface area contributed by atoms with Gasteiger partial charge in [-0.05, 0) is 44.0 Å². The van der Waals surface area contributed by atoms with E-state index < -0.39 is 0 Å². The average Bonchev–Trinajstić information content (AvgIpc) is 2.78. The fourth-order valence-corrected chi connectivity index (χ4v) is 2.86. The second-order valence-electron chi connectivity index (χ2n) is 5.72. The van der Waals surface area contributed by atoms with E-state index in [-0.39, 0.29) is 0 Å². The average molecular weight is 317 g/mol. The maximum absolute atomic E-state index is 5.92. The molecule has 1 aliphatic rings. The van der Waals surface area contributed by atoms with E-state index in [0.717, 1.165) is 35.3 Å². The minimum atomic E-state index is 0.640. The molecule has 1 N–H and O–H groups in total. The summed E-state index contributed by atoms with van der Waals surface area (Å²) in [5, 5.41) is 3.98. The molecule has 0 unspecified atom stereocenters. The van der Waals surface area contributed by atoms with Gasteiger partial charge in [0.1, 0.15) is 5.82 Å². The number of hydrogen-bond donors (Lipinski definition) is 1. The molecule has 0 amide bonds. The number of hydrogen-bond acceptors (Lipinski definition) is 4. The first-order valence-corrected chi connectivity index (χ1v) is 8.22. The molecule has 1 aliphatic heterocycles. The lowest BCUT2D eigenvalue weighted by Crippen LogP contribution is -2.25. The summed E-state index contributed by atoms with van der Waals surface area (Å²) in [6, 6.07) is 9.64. The van der Waals surface area contributed by atoms with Gasteiger partial charge in [-0.25, -0.2) is 4.98 Å². The van der Waals surface area contributed by atoms with Crippen LogP contribution < -0.4 is 10.2 Å². The highest BCUT2D eigenvalue weighted by molar-refractivity contribution is 6.30. The summed E-state index contributed by atoms with van der Waals surface area (Å²) >= 11 is 5.92. The summed E-state index contributed by atoms with van der Waals surface area (Å²) in [6.45, 7) is 4.17. The largest absolute Gasteiger partial charge is 0.356 e. The predicted molar refractivity (Wildman–Crippen MR) is 92.2 cm³/mol. The van der Waals surface area contributed by atoms with Gasteiger partial charge in [0.25, 0.3) is 0 Å². The number of nitrogens with zero attached hydrogens (tertiary/aromatic N) is 3. The highest BCUT2D eigenvalue weighted by Gasteiger charge is 2.13. The molecule has 1 aromatic carbocycles. The molecule has 4 nitrogen and oxygen atoms in total. The molecule has 22 heavy (non-hydrogen) atoms. The summed E-state index contributed by atoms with van der Waals surface area (Å²) in [5.74, 6) is 1.66. The molecule has 1 saturated heterocycles. The van der Waals surface area contributed by atoms with Crippen molar-refractivity contribution in [1.82, 2.24) is 9.97 Å². The quantitative estimate of drug-likeness (QED) is 0.901. The van der Waals surface area contributed by atoms with Crippen LogP contribution in [0.1, 0.15) is 31.4 Å². The zero-order valence-electron chi connectivity index (χ0n) is 12.8. The summed E-state index contributed by atoms with van der Waals surface area (Å²) in [4.78, 5) is 11.5. The van der Waals surface area contributed by atoms with Gasteiger partial charge in [0, 0.05) is 35.6 Å². The summed E-state index contributed by atoms with van der Waals surface area (Å²) < 4.78 is 0. The van der Waals surface area contributed by atoms with Crippen LogP contribution in [-0.2, 0) is 0 Å². The maximum atomic E-state index is 5.92. The Morgan fingerprint density at radius 2 is 1.68 bits per heavy atom. The number of aromatic nitrogens is 2. The van der Waals surface area contributed by atoms with Gasteiger partial charge in [0.2, 0.25) is 5.95 Å². The Morgan fingerprint density at radius 1 is 1.00 bits per heavy atom. The van der Waals surface area contributed by atoms with E-state index in [4.69, 9.17) is 11.6 Å². The van der Waals surface area contributed by atoms with Crippen molar-refractivity contribution in [3.63, 3.8) is 0 Å². The van der Waals surface area contributed by atoms with E-state index in [0.29, 0.717) is 5.95 Å². The third-order valence-corrected chi connectivity index (χ3v) is 4.12. The van der Waals surface area contributed by atoms with Crippen LogP contribution in [0.5, 0.6) is 0 Å². The molecule has 0 bridgehead atoms. The van der Waals surface area contributed by atoms with E-state index >= 15 is 0 Å². The van der Waals surface area contributed by atoms with Crippen LogP contribution in [0.25, 0.3) is 0 Å². The third-order valence-electron chi connectivity index (χ3n) is 3.87. The van der Waals surface area contributed by atoms with Gasteiger partial charge in [-0.2, -0.15) is 4.98 Å². The number of aryl methyl sites for hydroxylation is 1. The van der Waals surface area contributed by atoms with E-state index in [1.54, 1.807) is 0 Å². The topological polar surface area (TPSA) is 41.1 Å². The van der Waals surface area contributed by atoms with Gasteiger partial charge < -0.3 is 10.2 Å². The Bertz CT molecular complexity index is 619. The number of benzene rings is 1. The SMILES string of the molecule is Cc1cc(N2CCCCCC2)nc(Nc2ccc(Cl)cc2)n1. The molecule has 0 aliphatic carbocycles. The molecule has 5 heteroatoms. The molecule has 2 heterocycles. The first-order valence-electron chi connectivity index (χ1n) is 7.84. The lowest BCUT2D eigenvalue weighted by Gasteiger charge is -2.22. The van der Waals surface area contributed by atoms with Crippen molar-refractivity contribution < 1.29 is 0 Å². The van der Waals surface area contributed by atoms with Crippen LogP contribution in [0.2, 0.25) is 5.02 Å². The standard InChI is InChI=1S/C17H21ClN4/c1-13-12-16(22-10-4-2-3-5-11-22)21-17(19-13)20-15-8-6-14(18)7-9-15/h6-9,12H,2-5,10-11H2,1H3,(H,19,20,21). The van der Waals surface area contributed by atoms with Crippen LogP contribution >= 0.6 is 11.6 Å². The minimum absolute atomic E-state index is 0.640. The number of nitrogens with one attached hydrogen (secondary N) is 1. The molecule has 3 rings (SSSR count). The predicted octanol–water partition coefficient (Wildman–Crippen LogP) is 4.56. The molecule has 0 radical (unpaired) electrons. The number of halogens is 1. The fourth-order valence-electron chi connectivity index (χ4n) is 2.73. The van der Waals surface area contributed by atoms with E-state index in [1.807, 2.05) is 31.2 Å². The molecule has 2 aromatic rings. The fraction of sp³-hybridized carbons (Fsp3) is 0.412. The van der Waals surface area contributed by atoms with Crippen molar-refractivity contribution in [3.05, 3.63) is 41.0 Å². The number of anilines is 3. The maximum Gasteiger partial charge on any atom is 0.229 e. The van der Waals surface area contributed by atoms with Crippen LogP contribution in [0.15, 0.2) is 30.3 Å². The Labute approximate surface area is 136 Å². The lowest BCUT2D eigenvalue weighted by molar-refractivity contribution is 0.726. The molecular formula is C17H21ClN4. The molecule has 0 saturated carbocycles. The Morgan fingerprint density at radius 3 is 2.36 bits per heavy atom. The van der Waals surface area contributed by atoms with Gasteiger partial charge in [-0.1, -0.05) is 24.4 Å². The Kier molecular flexibility index (Phi) is 4.78. The van der Waals surface area contributed by atoms with Crippen molar-refractivity contribution in [1.29, 1.82) is 0 Å². The van der Waals surface area contributed by atoms with Gasteiger partial charge in [-0.15, -0.1) is 0 Å². The minimum Gasteiger partial charge on any atom is -0.356 e. The number of rotatable bonds is 3. The van der Waals surface area contributed by atoms with Gasteiger partial charge in [0.05, 0.1) is 0 Å². The molecule has 0 spiro atoms. The van der Waals surface area contributed by atoms with Gasteiger partial charge >= 0.3 is 0 Å². The van der Waals surface area contributed by atoms with E-state index in [9.17, 15) is 0 Å². The summed E-state index contributed by atoms with van der Waals surface area (Å²) in [5.41, 5.74) is 1.92. The Balaban J connectivity index is 1.81. The summed E-state index contributed by atoms with van der Waals surface area (Å²) in [7, 11) is 0. The molecule has 0 atom stereocenters. The van der Waals surface area contributed by atoms with Crippen molar-refractivity contribution in [3.8, 4) is 0 Å². The second kappa shape index (κ2) is 6.97. The smallest absolute Gasteiger partial charge is 0.229 e. The molecule has 1 aromatic heterocycles. The van der Waals surface area contributed by atoms with Crippen molar-refractivity contribution in [2.45, 2.75) is 32.6 Å². The zero-order valence-corrected chi connectivity index (χ0v) is 13.6. The van der Waals surface area contributed by atoms with Crippen LogP contribution in [0.4, 0.5) is 17.5 Å². The third kappa shape index (κ3) is 3.89. The first-order chi connectivity index (χ1) is 10.7. The normalized spacial score (nSPS) is 15.5. The van der Waals surface area contributed by atoms with Crippen LogP contribution in [0, 0.1) is 6.92 Å². The lowest BCUT2D eigenvalue weighted by atomic mass is 10.2. The highest BCUT2D eigenvalue weighted by atomic mass is 35.5. The van der Waals surface area contributed by atoms with E-state index in [2.05, 4.69) is 26.3 Å². The van der Waals surface area contributed by atoms with E-state index in [1.165, 1.54) is 25.7 Å². The van der Waals surface area contributed by atoms with Crippen molar-refractivity contribution in [2.24, 2.45) is 0 Å². The molecule has 1 fully saturated rings. The van der Waals surface area contributed by atoms with Gasteiger partial charge in [-0.3, -0.25) is 0 Å². The monoisotopic (exact) mass is 316 g/mol. The van der Waals surface area contributed by atoms with Gasteiger partial charge in [0.15, 0.2) is 0 Å². The second-order valence-corrected chi connectivity index (χ2v) is 6.16. The van der Waals surface area contributed by atoms with Crippen LogP contribution in [-0.4, -0.2) is 23.1 Å². The molecular weight excluding hydrogens is 296 g/mol. The first kappa shape index (κ1) is 15.1. The van der Waals surface area contributed by atoms with Crippen molar-refractivity contribution >= 4 is 29.1 Å². The summed E-state index contributed by atoms with van der Waals surface area (Å²) in [6.07, 6.45) is 5.11. The highest BCUT2D eigenvalue weighted by Crippen LogP contribution is 2.22. The Hall–Kier alpha value is -1.81.